The molecule has 11 nitrogen and oxygen atoms in total. The number of para-hydroxylation sites is 2. The van der Waals surface area contributed by atoms with Crippen LogP contribution in [-0.2, 0) is 4.74 Å². The average molecular weight is 578 g/mol. The number of hydrogen-bond donors (Lipinski definition) is 3. The van der Waals surface area contributed by atoms with Crippen molar-refractivity contribution in [2.75, 3.05) is 88.2 Å². The van der Waals surface area contributed by atoms with Crippen LogP contribution in [0.1, 0.15) is 16.8 Å². The number of benzene rings is 3. The normalized spacial score (nSPS) is 12.9. The van der Waals surface area contributed by atoms with Crippen molar-refractivity contribution in [3.05, 3.63) is 66.2 Å². The summed E-state index contributed by atoms with van der Waals surface area (Å²) in [7, 11) is 6.39. The molecule has 0 radical (unpaired) electrons. The second-order valence-corrected chi connectivity index (χ2v) is 9.66. The minimum atomic E-state index is -0.463. The number of methoxy groups -OCH3 is 4. The van der Waals surface area contributed by atoms with Crippen molar-refractivity contribution >= 4 is 34.7 Å². The average Bonchev–Trinajstić information content (AvgIpc) is 3.02. The third kappa shape index (κ3) is 7.76. The van der Waals surface area contributed by atoms with Crippen LogP contribution in [0.15, 0.2) is 60.7 Å². The van der Waals surface area contributed by atoms with E-state index in [1.807, 2.05) is 24.3 Å². The van der Waals surface area contributed by atoms with Gasteiger partial charge in [0.05, 0.1) is 32.6 Å². The van der Waals surface area contributed by atoms with Gasteiger partial charge in [-0.05, 0) is 36.8 Å². The molecule has 3 aromatic rings. The van der Waals surface area contributed by atoms with Crippen molar-refractivity contribution in [3.63, 3.8) is 0 Å². The van der Waals surface area contributed by atoms with E-state index in [0.29, 0.717) is 61.1 Å². The molecule has 1 fully saturated rings. The van der Waals surface area contributed by atoms with Crippen LogP contribution in [0.25, 0.3) is 0 Å². The molecule has 0 spiro atoms. The van der Waals surface area contributed by atoms with E-state index in [9.17, 15) is 9.59 Å². The predicted molar refractivity (Wildman–Crippen MR) is 165 cm³/mol. The van der Waals surface area contributed by atoms with Crippen LogP contribution < -0.4 is 40.0 Å². The molecule has 0 unspecified atom stereocenters. The molecule has 11 heteroatoms. The zero-order valence-corrected chi connectivity index (χ0v) is 24.6. The number of urea groups is 1. The molecule has 0 saturated carbocycles. The summed E-state index contributed by atoms with van der Waals surface area (Å²) in [5, 5.41) is 8.61. The van der Waals surface area contributed by atoms with Gasteiger partial charge in [0.25, 0.3) is 5.91 Å². The van der Waals surface area contributed by atoms with Crippen molar-refractivity contribution in [1.29, 1.82) is 0 Å². The molecule has 1 aliphatic heterocycles. The van der Waals surface area contributed by atoms with Crippen molar-refractivity contribution in [1.82, 2.24) is 5.32 Å². The molecule has 3 amide bonds. The summed E-state index contributed by atoms with van der Waals surface area (Å²) in [6.07, 6.45) is 0.694. The van der Waals surface area contributed by atoms with Crippen LogP contribution >= 0.6 is 0 Å². The molecule has 4 rings (SSSR count). The van der Waals surface area contributed by atoms with Gasteiger partial charge in [0.1, 0.15) is 17.2 Å². The monoisotopic (exact) mass is 577 g/mol. The van der Waals surface area contributed by atoms with Gasteiger partial charge in [-0.15, -0.1) is 0 Å². The lowest BCUT2D eigenvalue weighted by Crippen LogP contribution is -2.47. The van der Waals surface area contributed by atoms with E-state index in [4.69, 9.17) is 18.9 Å². The summed E-state index contributed by atoms with van der Waals surface area (Å²) in [6, 6.07) is 18.0. The van der Waals surface area contributed by atoms with Crippen LogP contribution in [0.4, 0.5) is 27.5 Å². The Hall–Kier alpha value is -4.64. The smallest absolute Gasteiger partial charge is 0.323 e. The number of anilines is 4. The number of carbonyl (C=O) groups is 2. The minimum Gasteiger partial charge on any atom is -0.497 e. The van der Waals surface area contributed by atoms with Crippen LogP contribution in [-0.4, -0.2) is 79.7 Å². The third-order valence-corrected chi connectivity index (χ3v) is 6.97. The summed E-state index contributed by atoms with van der Waals surface area (Å²) >= 11 is 0. The number of carbonyl (C=O) groups excluding carboxylic acids is 2. The Labute approximate surface area is 246 Å². The molecule has 3 N–H and O–H groups in total. The fraction of sp³-hybridized carbons (Fsp3) is 0.355. The molecular weight excluding hydrogens is 538 g/mol. The Kier molecular flexibility index (Phi) is 10.7. The maximum atomic E-state index is 13.3. The van der Waals surface area contributed by atoms with Gasteiger partial charge < -0.3 is 44.7 Å². The Balaban J connectivity index is 1.50. The minimum absolute atomic E-state index is 0.213. The van der Waals surface area contributed by atoms with Gasteiger partial charge in [0.2, 0.25) is 0 Å². The number of nitrogens with one attached hydrogen (secondary N) is 3. The molecule has 1 heterocycles. The van der Waals surface area contributed by atoms with Crippen LogP contribution in [0, 0.1) is 0 Å². The number of amides is 3. The summed E-state index contributed by atoms with van der Waals surface area (Å²) in [6.45, 7) is 3.99. The molecule has 1 saturated heterocycles. The number of ether oxygens (including phenoxy) is 4. The highest BCUT2D eigenvalue weighted by molar-refractivity contribution is 6.04. The van der Waals surface area contributed by atoms with E-state index < -0.39 is 6.03 Å². The first kappa shape index (κ1) is 30.3. The summed E-state index contributed by atoms with van der Waals surface area (Å²) in [5.74, 6) is 1.72. The van der Waals surface area contributed by atoms with Gasteiger partial charge in [-0.3, -0.25) is 4.79 Å². The van der Waals surface area contributed by atoms with E-state index in [1.54, 1.807) is 58.8 Å². The molecule has 0 bridgehead atoms. The first-order chi connectivity index (χ1) is 20.4. The summed E-state index contributed by atoms with van der Waals surface area (Å²) < 4.78 is 21.2. The van der Waals surface area contributed by atoms with Crippen LogP contribution in [0.5, 0.6) is 17.2 Å². The lowest BCUT2D eigenvalue weighted by molar-refractivity contribution is 0.0949. The van der Waals surface area contributed by atoms with Crippen molar-refractivity contribution < 1.29 is 28.5 Å². The zero-order valence-electron chi connectivity index (χ0n) is 24.6. The van der Waals surface area contributed by atoms with E-state index in [-0.39, 0.29) is 5.91 Å². The standard InChI is InChI=1S/C31H39N5O6/c1-39-17-7-12-32-30(37)26-20-22(33-31(38)34-23-18-24(40-2)21-25(19-23)41-3)10-11-27(26)35-13-15-36(16-14-35)28-8-5-6-9-29(28)42-4/h5-6,8-11,18-21H,7,12-17H2,1-4H3,(H,32,37)(H2,33,34,38). The molecule has 0 aromatic heterocycles. The van der Waals surface area contributed by atoms with Gasteiger partial charge in [0, 0.05) is 81.7 Å². The Bertz CT molecular complexity index is 1340. The lowest BCUT2D eigenvalue weighted by Gasteiger charge is -2.38. The van der Waals surface area contributed by atoms with Crippen molar-refractivity contribution in [2.24, 2.45) is 0 Å². The van der Waals surface area contributed by atoms with E-state index >= 15 is 0 Å². The predicted octanol–water partition coefficient (Wildman–Crippen LogP) is 4.45. The number of piperazine rings is 1. The van der Waals surface area contributed by atoms with Crippen LogP contribution in [0.3, 0.4) is 0 Å². The first-order valence-electron chi connectivity index (χ1n) is 13.8. The molecule has 3 aromatic carbocycles. The first-order valence-corrected chi connectivity index (χ1v) is 13.8. The topological polar surface area (TPSA) is 114 Å². The van der Waals surface area contributed by atoms with Crippen LogP contribution in [0.2, 0.25) is 0 Å². The fourth-order valence-corrected chi connectivity index (χ4v) is 4.84. The maximum Gasteiger partial charge on any atom is 0.323 e. The number of nitrogens with zero attached hydrogens (tertiary/aromatic N) is 2. The highest BCUT2D eigenvalue weighted by Gasteiger charge is 2.24. The molecule has 224 valence electrons. The van der Waals surface area contributed by atoms with Crippen molar-refractivity contribution in [2.45, 2.75) is 6.42 Å². The Morgan fingerprint density at radius 3 is 2.02 bits per heavy atom. The third-order valence-electron chi connectivity index (χ3n) is 6.97. The quantitative estimate of drug-likeness (QED) is 0.271. The van der Waals surface area contributed by atoms with E-state index in [0.717, 1.165) is 30.2 Å². The van der Waals surface area contributed by atoms with Gasteiger partial charge in [-0.2, -0.15) is 0 Å². The van der Waals surface area contributed by atoms with Gasteiger partial charge in [0.15, 0.2) is 0 Å². The summed E-state index contributed by atoms with van der Waals surface area (Å²) in [5.41, 5.74) is 3.33. The Morgan fingerprint density at radius 1 is 0.738 bits per heavy atom. The van der Waals surface area contributed by atoms with Gasteiger partial charge in [-0.25, -0.2) is 4.79 Å². The molecule has 1 aliphatic rings. The fourth-order valence-electron chi connectivity index (χ4n) is 4.84. The van der Waals surface area contributed by atoms with Gasteiger partial charge >= 0.3 is 6.03 Å². The van der Waals surface area contributed by atoms with E-state index in [1.165, 1.54) is 0 Å². The highest BCUT2D eigenvalue weighted by atomic mass is 16.5. The number of hydrogen-bond acceptors (Lipinski definition) is 8. The molecular formula is C31H39N5O6. The summed E-state index contributed by atoms with van der Waals surface area (Å²) in [4.78, 5) is 30.7. The molecule has 0 aliphatic carbocycles. The van der Waals surface area contributed by atoms with Crippen molar-refractivity contribution in [3.8, 4) is 17.2 Å². The highest BCUT2D eigenvalue weighted by Crippen LogP contribution is 2.31. The second-order valence-electron chi connectivity index (χ2n) is 9.66. The molecule has 42 heavy (non-hydrogen) atoms. The molecule has 0 atom stereocenters. The maximum absolute atomic E-state index is 13.3. The lowest BCUT2D eigenvalue weighted by atomic mass is 10.1. The van der Waals surface area contributed by atoms with Gasteiger partial charge in [-0.1, -0.05) is 12.1 Å². The second kappa shape index (κ2) is 14.8. The SMILES string of the molecule is COCCCNC(=O)c1cc(NC(=O)Nc2cc(OC)cc(OC)c2)ccc1N1CCN(c2ccccc2OC)CC1. The number of rotatable bonds is 12. The zero-order chi connectivity index (χ0) is 29.9. The largest absolute Gasteiger partial charge is 0.497 e. The van der Waals surface area contributed by atoms with E-state index in [2.05, 4.69) is 31.8 Å². The Morgan fingerprint density at radius 2 is 1.38 bits per heavy atom.